The first kappa shape index (κ1) is 11.3. The second-order valence-corrected chi connectivity index (χ2v) is 4.65. The van der Waals surface area contributed by atoms with Crippen LogP contribution >= 0.6 is 11.5 Å². The molecule has 1 aromatic carbocycles. The van der Waals surface area contributed by atoms with E-state index in [0.29, 0.717) is 5.82 Å². The Hall–Kier alpha value is -1.79. The molecule has 0 spiro atoms. The summed E-state index contributed by atoms with van der Waals surface area (Å²) >= 11 is 1.35. The van der Waals surface area contributed by atoms with Gasteiger partial charge >= 0.3 is 0 Å². The molecule has 2 heterocycles. The third-order valence-electron chi connectivity index (χ3n) is 2.81. The second-order valence-electron chi connectivity index (χ2n) is 3.92. The van der Waals surface area contributed by atoms with Gasteiger partial charge in [-0.3, -0.25) is 4.57 Å². The van der Waals surface area contributed by atoms with Crippen LogP contribution in [0.25, 0.3) is 16.2 Å². The van der Waals surface area contributed by atoms with Crippen molar-refractivity contribution >= 4 is 22.6 Å². The average molecular weight is 260 g/mol. The zero-order chi connectivity index (χ0) is 12.5. The lowest BCUT2D eigenvalue weighted by atomic mass is 10.3. The summed E-state index contributed by atoms with van der Waals surface area (Å²) in [6, 6.07) is 7.95. The molecule has 0 aliphatic carbocycles. The van der Waals surface area contributed by atoms with Crippen molar-refractivity contribution in [2.24, 2.45) is 0 Å². The van der Waals surface area contributed by atoms with E-state index >= 15 is 0 Å². The minimum atomic E-state index is -0.0928. The maximum Gasteiger partial charge on any atom is 0.215 e. The van der Waals surface area contributed by atoms with Crippen LogP contribution in [0.15, 0.2) is 30.6 Å². The van der Waals surface area contributed by atoms with Gasteiger partial charge in [0.1, 0.15) is 12.4 Å². The first-order chi connectivity index (χ1) is 8.79. The Bertz CT molecular complexity index is 675. The van der Waals surface area contributed by atoms with Gasteiger partial charge in [0.15, 0.2) is 5.82 Å². The van der Waals surface area contributed by atoms with Crippen molar-refractivity contribution in [2.75, 3.05) is 7.11 Å². The maximum absolute atomic E-state index is 5.21. The van der Waals surface area contributed by atoms with Crippen LogP contribution in [0, 0.1) is 0 Å². The molecule has 1 atom stereocenters. The van der Waals surface area contributed by atoms with Crippen molar-refractivity contribution in [3.8, 4) is 5.13 Å². The molecule has 0 fully saturated rings. The molecular formula is C12H12N4OS. The summed E-state index contributed by atoms with van der Waals surface area (Å²) in [7, 11) is 1.65. The Labute approximate surface area is 108 Å². The zero-order valence-electron chi connectivity index (χ0n) is 10.1. The van der Waals surface area contributed by atoms with Gasteiger partial charge < -0.3 is 4.74 Å². The summed E-state index contributed by atoms with van der Waals surface area (Å²) < 4.78 is 11.5. The molecule has 1 unspecified atom stereocenters. The lowest BCUT2D eigenvalue weighted by molar-refractivity contribution is 0.113. The monoisotopic (exact) mass is 260 g/mol. The Morgan fingerprint density at radius 1 is 1.33 bits per heavy atom. The van der Waals surface area contributed by atoms with Gasteiger partial charge in [0.05, 0.1) is 11.0 Å². The summed E-state index contributed by atoms with van der Waals surface area (Å²) in [5, 5.41) is 0.808. The smallest absolute Gasteiger partial charge is 0.215 e. The predicted octanol–water partition coefficient (Wildman–Crippen LogP) is 2.58. The first-order valence-corrected chi connectivity index (χ1v) is 6.36. The van der Waals surface area contributed by atoms with Crippen molar-refractivity contribution in [3.05, 3.63) is 36.4 Å². The van der Waals surface area contributed by atoms with Crippen LogP contribution in [0.1, 0.15) is 18.9 Å². The fraction of sp³-hybridized carbons (Fsp3) is 0.250. The number of benzene rings is 1. The number of imidazole rings is 1. The highest BCUT2D eigenvalue weighted by molar-refractivity contribution is 7.08. The highest BCUT2D eigenvalue weighted by Crippen LogP contribution is 2.21. The van der Waals surface area contributed by atoms with E-state index in [2.05, 4.69) is 14.3 Å². The standard InChI is InChI=1S/C12H12N4OS/c1-8(17-2)11-14-12(18-15-11)16-7-13-9-5-3-4-6-10(9)16/h3-8H,1-2H3. The van der Waals surface area contributed by atoms with E-state index in [9.17, 15) is 0 Å². The maximum atomic E-state index is 5.21. The van der Waals surface area contributed by atoms with Crippen LogP contribution in [0.5, 0.6) is 0 Å². The molecule has 0 aliphatic heterocycles. The number of nitrogens with zero attached hydrogens (tertiary/aromatic N) is 4. The van der Waals surface area contributed by atoms with Gasteiger partial charge in [0.25, 0.3) is 0 Å². The van der Waals surface area contributed by atoms with E-state index in [4.69, 9.17) is 4.74 Å². The van der Waals surface area contributed by atoms with Gasteiger partial charge in [0, 0.05) is 18.6 Å². The molecule has 5 nitrogen and oxygen atoms in total. The van der Waals surface area contributed by atoms with E-state index in [1.807, 2.05) is 35.8 Å². The van der Waals surface area contributed by atoms with Gasteiger partial charge in [-0.2, -0.15) is 9.36 Å². The molecule has 6 heteroatoms. The molecule has 0 N–H and O–H groups in total. The van der Waals surface area contributed by atoms with Crippen LogP contribution in [0.4, 0.5) is 0 Å². The van der Waals surface area contributed by atoms with Crippen LogP contribution in [0.2, 0.25) is 0 Å². The molecule has 3 aromatic rings. The van der Waals surface area contributed by atoms with Crippen molar-refractivity contribution in [3.63, 3.8) is 0 Å². The number of para-hydroxylation sites is 2. The highest BCUT2D eigenvalue weighted by Gasteiger charge is 2.13. The minimum Gasteiger partial charge on any atom is -0.374 e. The Balaban J connectivity index is 2.07. The number of methoxy groups -OCH3 is 1. The Morgan fingerprint density at radius 2 is 2.17 bits per heavy atom. The molecule has 0 radical (unpaired) electrons. The number of fused-ring (bicyclic) bond motifs is 1. The molecular weight excluding hydrogens is 248 g/mol. The van der Waals surface area contributed by atoms with Crippen LogP contribution in [0.3, 0.4) is 0 Å². The molecule has 0 saturated heterocycles. The van der Waals surface area contributed by atoms with Crippen molar-refractivity contribution < 1.29 is 4.74 Å². The number of rotatable bonds is 3. The zero-order valence-corrected chi connectivity index (χ0v) is 10.9. The van der Waals surface area contributed by atoms with Gasteiger partial charge in [-0.15, -0.1) is 0 Å². The molecule has 3 rings (SSSR count). The SMILES string of the molecule is COC(C)c1nsc(-n2cnc3ccccc32)n1. The van der Waals surface area contributed by atoms with Crippen molar-refractivity contribution in [2.45, 2.75) is 13.0 Å². The summed E-state index contributed by atoms with van der Waals surface area (Å²) in [4.78, 5) is 8.82. The van der Waals surface area contributed by atoms with E-state index < -0.39 is 0 Å². The number of aromatic nitrogens is 4. The topological polar surface area (TPSA) is 52.8 Å². The fourth-order valence-corrected chi connectivity index (χ4v) is 2.44. The van der Waals surface area contributed by atoms with Gasteiger partial charge in [-0.25, -0.2) is 4.98 Å². The molecule has 0 saturated carbocycles. The van der Waals surface area contributed by atoms with Crippen molar-refractivity contribution in [1.82, 2.24) is 18.9 Å². The summed E-state index contributed by atoms with van der Waals surface area (Å²) in [5.41, 5.74) is 1.99. The van der Waals surface area contributed by atoms with Crippen LogP contribution in [-0.4, -0.2) is 26.0 Å². The number of hydrogen-bond acceptors (Lipinski definition) is 5. The third kappa shape index (κ3) is 1.79. The second kappa shape index (κ2) is 4.47. The average Bonchev–Trinajstić information content (AvgIpc) is 3.03. The first-order valence-electron chi connectivity index (χ1n) is 5.58. The third-order valence-corrected chi connectivity index (χ3v) is 3.54. The summed E-state index contributed by atoms with van der Waals surface area (Å²) in [6.45, 7) is 1.93. The quantitative estimate of drug-likeness (QED) is 0.726. The predicted molar refractivity (Wildman–Crippen MR) is 70.0 cm³/mol. The minimum absolute atomic E-state index is 0.0928. The summed E-state index contributed by atoms with van der Waals surface area (Å²) in [5.74, 6) is 0.704. The molecule has 0 aliphatic rings. The molecule has 18 heavy (non-hydrogen) atoms. The molecule has 0 bridgehead atoms. The lowest BCUT2D eigenvalue weighted by Crippen LogP contribution is -1.99. The van der Waals surface area contributed by atoms with Crippen molar-refractivity contribution in [1.29, 1.82) is 0 Å². The van der Waals surface area contributed by atoms with Gasteiger partial charge in [-0.05, 0) is 19.1 Å². The molecule has 2 aromatic heterocycles. The number of hydrogen-bond donors (Lipinski definition) is 0. The Kier molecular flexibility index (Phi) is 2.81. The normalized spacial score (nSPS) is 13.0. The lowest BCUT2D eigenvalue weighted by Gasteiger charge is -2.02. The molecule has 92 valence electrons. The van der Waals surface area contributed by atoms with E-state index in [-0.39, 0.29) is 6.10 Å². The van der Waals surface area contributed by atoms with Crippen LogP contribution in [-0.2, 0) is 4.74 Å². The molecule has 0 amide bonds. The van der Waals surface area contributed by atoms with Gasteiger partial charge in [-0.1, -0.05) is 12.1 Å². The summed E-state index contributed by atoms with van der Waals surface area (Å²) in [6.07, 6.45) is 1.68. The van der Waals surface area contributed by atoms with E-state index in [1.165, 1.54) is 11.5 Å². The van der Waals surface area contributed by atoms with E-state index in [0.717, 1.165) is 16.2 Å². The van der Waals surface area contributed by atoms with E-state index in [1.54, 1.807) is 13.4 Å². The van der Waals surface area contributed by atoms with Gasteiger partial charge in [0.2, 0.25) is 5.13 Å². The van der Waals surface area contributed by atoms with Crippen LogP contribution < -0.4 is 0 Å². The highest BCUT2D eigenvalue weighted by atomic mass is 32.1. The largest absolute Gasteiger partial charge is 0.374 e. The fourth-order valence-electron chi connectivity index (χ4n) is 1.71. The Morgan fingerprint density at radius 3 is 3.00 bits per heavy atom. The number of ether oxygens (including phenoxy) is 1.